The molecular weight excluding hydrogens is 711 g/mol. The summed E-state index contributed by atoms with van der Waals surface area (Å²) in [6.45, 7) is 0. The van der Waals surface area contributed by atoms with Gasteiger partial charge in [-0.25, -0.2) is 0 Å². The van der Waals surface area contributed by atoms with Gasteiger partial charge in [0, 0.05) is 16.5 Å². The van der Waals surface area contributed by atoms with Crippen molar-refractivity contribution in [2.45, 2.75) is 0 Å². The highest BCUT2D eigenvalue weighted by Gasteiger charge is 2.19. The maximum absolute atomic E-state index is 2.43. The summed E-state index contributed by atoms with van der Waals surface area (Å²) in [4.78, 5) is 0. The molecule has 0 aliphatic heterocycles. The van der Waals surface area contributed by atoms with Gasteiger partial charge in [0.25, 0.3) is 0 Å². The molecule has 1 aromatic heterocycles. The SMILES string of the molecule is c1ccc2cc(-c3ccc(-c4c5ccccc5c(-c5ccc(-c6ccc7ccccc7c6)cc5)c5cc(-n6c7ccccc7c7ccccc76)ccc45)cc3)ccc2c1. The summed E-state index contributed by atoms with van der Waals surface area (Å²) in [7, 11) is 0. The third kappa shape index (κ3) is 5.47. The second-order valence-electron chi connectivity index (χ2n) is 15.7. The molecule has 0 atom stereocenters. The lowest BCUT2D eigenvalue weighted by molar-refractivity contribution is 1.19. The summed E-state index contributed by atoms with van der Waals surface area (Å²) in [6.07, 6.45) is 0. The van der Waals surface area contributed by atoms with Crippen LogP contribution in [0.2, 0.25) is 0 Å². The van der Waals surface area contributed by atoms with Crippen LogP contribution >= 0.6 is 0 Å². The van der Waals surface area contributed by atoms with Crippen LogP contribution in [0, 0.1) is 0 Å². The fourth-order valence-electron chi connectivity index (χ4n) is 9.52. The van der Waals surface area contributed by atoms with Crippen molar-refractivity contribution < 1.29 is 0 Å². The van der Waals surface area contributed by atoms with Gasteiger partial charge in [-0.15, -0.1) is 0 Å². The van der Waals surface area contributed by atoms with E-state index in [0.717, 1.165) is 5.69 Å². The molecule has 0 amide bonds. The van der Waals surface area contributed by atoms with Crippen molar-refractivity contribution in [2.75, 3.05) is 0 Å². The van der Waals surface area contributed by atoms with Crippen molar-refractivity contribution in [3.05, 3.63) is 224 Å². The Morgan fingerprint density at radius 1 is 0.220 bits per heavy atom. The molecule has 0 spiro atoms. The van der Waals surface area contributed by atoms with Crippen molar-refractivity contribution >= 4 is 64.9 Å². The molecule has 274 valence electrons. The zero-order valence-corrected chi connectivity index (χ0v) is 32.3. The number of nitrogens with zero attached hydrogens (tertiary/aromatic N) is 1. The number of hydrogen-bond acceptors (Lipinski definition) is 0. The number of fused-ring (bicyclic) bond motifs is 7. The minimum absolute atomic E-state index is 1.15. The zero-order chi connectivity index (χ0) is 38.9. The molecule has 0 saturated carbocycles. The first-order chi connectivity index (χ1) is 29.2. The average molecular weight is 748 g/mol. The van der Waals surface area contributed by atoms with Crippen molar-refractivity contribution in [1.82, 2.24) is 4.57 Å². The van der Waals surface area contributed by atoms with Gasteiger partial charge in [-0.2, -0.15) is 0 Å². The summed E-state index contributed by atoms with van der Waals surface area (Å²) < 4.78 is 2.43. The Hall–Kier alpha value is -7.74. The topological polar surface area (TPSA) is 4.93 Å². The van der Waals surface area contributed by atoms with Gasteiger partial charge in [0.05, 0.1) is 11.0 Å². The largest absolute Gasteiger partial charge is 0.309 e. The van der Waals surface area contributed by atoms with Gasteiger partial charge in [-0.1, -0.05) is 188 Å². The summed E-state index contributed by atoms with van der Waals surface area (Å²) >= 11 is 0. The van der Waals surface area contributed by atoms with Gasteiger partial charge in [0.15, 0.2) is 0 Å². The van der Waals surface area contributed by atoms with Crippen molar-refractivity contribution in [3.63, 3.8) is 0 Å². The summed E-state index contributed by atoms with van der Waals surface area (Å²) in [5.74, 6) is 0. The molecule has 12 rings (SSSR count). The van der Waals surface area contributed by atoms with Crippen molar-refractivity contribution in [2.24, 2.45) is 0 Å². The van der Waals surface area contributed by atoms with E-state index in [1.54, 1.807) is 0 Å². The monoisotopic (exact) mass is 747 g/mol. The fraction of sp³-hybridized carbons (Fsp3) is 0. The summed E-state index contributed by atoms with van der Waals surface area (Å²) in [5.41, 5.74) is 13.4. The Labute approximate surface area is 342 Å². The molecule has 59 heavy (non-hydrogen) atoms. The van der Waals surface area contributed by atoms with Crippen LogP contribution in [0.3, 0.4) is 0 Å². The molecule has 0 saturated heterocycles. The molecule has 1 heteroatoms. The molecule has 0 aliphatic carbocycles. The summed E-state index contributed by atoms with van der Waals surface area (Å²) in [6, 6.07) is 82.7. The van der Waals surface area contributed by atoms with E-state index in [0.29, 0.717) is 0 Å². The standard InChI is InChI=1S/C58H37N/c1-3-13-44-35-46(31-25-38(44)11-1)40-21-27-42(28-22-40)57-51-17-5-6-18-52(51)58(43-29-23-41(24-30-43)47-32-26-39-12-2-4-14-45(39)36-47)54-37-48(33-34-53(54)57)59-55-19-9-7-15-49(55)50-16-8-10-20-56(50)59/h1-37H. The normalized spacial score (nSPS) is 11.7. The van der Waals surface area contributed by atoms with Gasteiger partial charge in [0.1, 0.15) is 0 Å². The molecular formula is C58H37N. The third-order valence-electron chi connectivity index (χ3n) is 12.4. The molecule has 0 radical (unpaired) electrons. The maximum Gasteiger partial charge on any atom is 0.0541 e. The van der Waals surface area contributed by atoms with Crippen LogP contribution in [0.1, 0.15) is 0 Å². The molecule has 0 bridgehead atoms. The smallest absolute Gasteiger partial charge is 0.0541 e. The van der Waals surface area contributed by atoms with Gasteiger partial charge >= 0.3 is 0 Å². The quantitative estimate of drug-likeness (QED) is 0.155. The summed E-state index contributed by atoms with van der Waals surface area (Å²) in [5, 5.41) is 12.5. The zero-order valence-electron chi connectivity index (χ0n) is 32.3. The third-order valence-corrected chi connectivity index (χ3v) is 12.4. The highest BCUT2D eigenvalue weighted by atomic mass is 15.0. The van der Waals surface area contributed by atoms with Gasteiger partial charge < -0.3 is 4.57 Å². The van der Waals surface area contributed by atoms with Gasteiger partial charge in [-0.05, 0) is 124 Å². The lowest BCUT2D eigenvalue weighted by Crippen LogP contribution is -1.96. The Morgan fingerprint density at radius 2 is 0.593 bits per heavy atom. The van der Waals surface area contributed by atoms with E-state index in [1.165, 1.54) is 109 Å². The average Bonchev–Trinajstić information content (AvgIpc) is 3.65. The van der Waals surface area contributed by atoms with Crippen molar-refractivity contribution in [1.29, 1.82) is 0 Å². The van der Waals surface area contributed by atoms with Crippen LogP contribution in [0.25, 0.3) is 115 Å². The molecule has 0 unspecified atom stereocenters. The first-order valence-corrected chi connectivity index (χ1v) is 20.4. The molecule has 12 aromatic rings. The van der Waals surface area contributed by atoms with E-state index in [9.17, 15) is 0 Å². The molecule has 1 heterocycles. The number of hydrogen-bond donors (Lipinski definition) is 0. The highest BCUT2D eigenvalue weighted by molar-refractivity contribution is 6.22. The molecule has 0 N–H and O–H groups in total. The van der Waals surface area contributed by atoms with E-state index in [-0.39, 0.29) is 0 Å². The first kappa shape index (κ1) is 33.4. The van der Waals surface area contributed by atoms with Gasteiger partial charge in [0.2, 0.25) is 0 Å². The van der Waals surface area contributed by atoms with Gasteiger partial charge in [-0.3, -0.25) is 0 Å². The maximum atomic E-state index is 2.43. The van der Waals surface area contributed by atoms with Crippen LogP contribution in [0.5, 0.6) is 0 Å². The number of benzene rings is 11. The van der Waals surface area contributed by atoms with Crippen LogP contribution < -0.4 is 0 Å². The molecule has 0 aliphatic rings. The predicted molar refractivity (Wildman–Crippen MR) is 253 cm³/mol. The fourth-order valence-corrected chi connectivity index (χ4v) is 9.52. The van der Waals surface area contributed by atoms with Crippen LogP contribution in [-0.4, -0.2) is 4.57 Å². The van der Waals surface area contributed by atoms with Crippen LogP contribution in [0.15, 0.2) is 224 Å². The molecule has 11 aromatic carbocycles. The lowest BCUT2D eigenvalue weighted by atomic mass is 9.85. The first-order valence-electron chi connectivity index (χ1n) is 20.4. The lowest BCUT2D eigenvalue weighted by Gasteiger charge is -2.20. The van der Waals surface area contributed by atoms with Crippen LogP contribution in [-0.2, 0) is 0 Å². The Bertz CT molecular complexity index is 3530. The number of rotatable bonds is 5. The number of aromatic nitrogens is 1. The Balaban J connectivity index is 1.08. The van der Waals surface area contributed by atoms with Crippen LogP contribution in [0.4, 0.5) is 0 Å². The minimum Gasteiger partial charge on any atom is -0.309 e. The highest BCUT2D eigenvalue weighted by Crippen LogP contribution is 2.46. The van der Waals surface area contributed by atoms with E-state index in [4.69, 9.17) is 0 Å². The molecule has 1 nitrogen and oxygen atoms in total. The van der Waals surface area contributed by atoms with E-state index < -0.39 is 0 Å². The Morgan fingerprint density at radius 3 is 1.10 bits per heavy atom. The Kier molecular flexibility index (Phi) is 7.61. The van der Waals surface area contributed by atoms with Crippen molar-refractivity contribution in [3.8, 4) is 50.2 Å². The predicted octanol–water partition coefficient (Wildman–Crippen LogP) is 16.1. The van der Waals surface area contributed by atoms with E-state index >= 15 is 0 Å². The van der Waals surface area contributed by atoms with E-state index in [1.807, 2.05) is 0 Å². The molecule has 0 fully saturated rings. The second kappa shape index (κ2) is 13.4. The number of para-hydroxylation sites is 2. The minimum atomic E-state index is 1.15. The second-order valence-corrected chi connectivity index (χ2v) is 15.7. The van der Waals surface area contributed by atoms with E-state index in [2.05, 4.69) is 229 Å².